The minimum absolute atomic E-state index is 0. The number of hydrogen-bond acceptors (Lipinski definition) is 2. The third-order valence-corrected chi connectivity index (χ3v) is 1.16. The van der Waals surface area contributed by atoms with Gasteiger partial charge in [-0.2, -0.15) is 0 Å². The Bertz CT molecular complexity index is 201. The highest BCUT2D eigenvalue weighted by Crippen LogP contribution is 1.95. The lowest BCUT2D eigenvalue weighted by Gasteiger charge is -1.94. The van der Waals surface area contributed by atoms with Crippen LogP contribution in [-0.4, -0.2) is 4.98 Å². The second kappa shape index (κ2) is 5.86. The molecule has 0 amide bonds. The maximum atomic E-state index is 5.36. The maximum absolute atomic E-state index is 5.36. The second-order valence-electron chi connectivity index (χ2n) is 1.97. The second-order valence-corrected chi connectivity index (χ2v) is 1.97. The lowest BCUT2D eigenvalue weighted by Crippen LogP contribution is -1.99. The molecule has 2 N–H and O–H groups in total. The summed E-state index contributed by atoms with van der Waals surface area (Å²) in [5, 5.41) is 0. The van der Waals surface area contributed by atoms with Crippen LogP contribution >= 0.6 is 0 Å². The summed E-state index contributed by atoms with van der Waals surface area (Å²) >= 11 is 0. The molecule has 0 aromatic carbocycles. The zero-order valence-corrected chi connectivity index (χ0v) is 7.46. The fourth-order valence-corrected chi connectivity index (χ4v) is 0.713. The van der Waals surface area contributed by atoms with Gasteiger partial charge in [0.05, 0.1) is 5.69 Å². The number of aromatic nitrogens is 1. The SMILES string of the molecule is CC.Cc1cccc(CN)n1.[HH]. The van der Waals surface area contributed by atoms with Gasteiger partial charge in [-0.05, 0) is 19.1 Å². The van der Waals surface area contributed by atoms with Crippen LogP contribution in [0.25, 0.3) is 0 Å². The standard InChI is InChI=1S/C7H10N2.C2H6.H2/c1-6-3-2-4-7(5-8)9-6;1-2;/h2-4H,5,8H2,1H3;1-2H3;1H. The number of pyridine rings is 1. The molecule has 64 valence electrons. The summed E-state index contributed by atoms with van der Waals surface area (Å²) in [6.45, 7) is 6.49. The van der Waals surface area contributed by atoms with Gasteiger partial charge >= 0.3 is 0 Å². The van der Waals surface area contributed by atoms with Crippen LogP contribution < -0.4 is 5.73 Å². The third kappa shape index (κ3) is 3.73. The molecule has 0 radical (unpaired) electrons. The predicted octanol–water partition coefficient (Wildman–Crippen LogP) is 2.12. The van der Waals surface area contributed by atoms with Crippen molar-refractivity contribution in [2.24, 2.45) is 5.73 Å². The Labute approximate surface area is 69.9 Å². The lowest BCUT2D eigenvalue weighted by molar-refractivity contribution is 0.969. The molecule has 0 bridgehead atoms. The van der Waals surface area contributed by atoms with Crippen molar-refractivity contribution in [1.82, 2.24) is 4.98 Å². The summed E-state index contributed by atoms with van der Waals surface area (Å²) in [5.41, 5.74) is 7.34. The molecule has 1 aromatic rings. The first-order chi connectivity index (χ1) is 5.33. The van der Waals surface area contributed by atoms with Crippen LogP contribution in [0, 0.1) is 6.92 Å². The van der Waals surface area contributed by atoms with Gasteiger partial charge in [-0.1, -0.05) is 19.9 Å². The van der Waals surface area contributed by atoms with Crippen LogP contribution in [-0.2, 0) is 6.54 Å². The highest BCUT2D eigenvalue weighted by Gasteiger charge is 1.87. The van der Waals surface area contributed by atoms with Gasteiger partial charge in [-0.25, -0.2) is 0 Å². The van der Waals surface area contributed by atoms with Crippen molar-refractivity contribution < 1.29 is 1.43 Å². The molecule has 0 saturated carbocycles. The average molecular weight is 154 g/mol. The fourth-order valence-electron chi connectivity index (χ4n) is 0.713. The predicted molar refractivity (Wildman–Crippen MR) is 50.3 cm³/mol. The van der Waals surface area contributed by atoms with Gasteiger partial charge in [0.25, 0.3) is 0 Å². The zero-order valence-electron chi connectivity index (χ0n) is 7.46. The van der Waals surface area contributed by atoms with E-state index in [4.69, 9.17) is 5.73 Å². The first-order valence-electron chi connectivity index (χ1n) is 3.95. The van der Waals surface area contributed by atoms with Gasteiger partial charge < -0.3 is 5.73 Å². The van der Waals surface area contributed by atoms with E-state index in [1.54, 1.807) is 0 Å². The van der Waals surface area contributed by atoms with Crippen LogP contribution in [0.3, 0.4) is 0 Å². The highest BCUT2D eigenvalue weighted by atomic mass is 14.7. The van der Waals surface area contributed by atoms with E-state index in [-0.39, 0.29) is 1.43 Å². The lowest BCUT2D eigenvalue weighted by atomic mass is 10.3. The summed E-state index contributed by atoms with van der Waals surface area (Å²) in [4.78, 5) is 4.17. The minimum atomic E-state index is 0. The number of hydrogen-bond donors (Lipinski definition) is 1. The normalized spacial score (nSPS) is 8.36. The van der Waals surface area contributed by atoms with Crippen molar-refractivity contribution in [3.05, 3.63) is 29.6 Å². The van der Waals surface area contributed by atoms with Crippen molar-refractivity contribution in [2.45, 2.75) is 27.3 Å². The van der Waals surface area contributed by atoms with Crippen LogP contribution in [0.15, 0.2) is 18.2 Å². The molecule has 0 aliphatic rings. The molecular weight excluding hydrogens is 136 g/mol. The molecule has 0 atom stereocenters. The molecule has 0 unspecified atom stereocenters. The first-order valence-corrected chi connectivity index (χ1v) is 3.95. The summed E-state index contributed by atoms with van der Waals surface area (Å²) in [7, 11) is 0. The molecule has 0 saturated heterocycles. The van der Waals surface area contributed by atoms with Crippen LogP contribution in [0.2, 0.25) is 0 Å². The molecule has 0 aliphatic heterocycles. The molecule has 2 heteroatoms. The Kier molecular flexibility index (Phi) is 5.39. The van der Waals surface area contributed by atoms with Gasteiger partial charge in [-0.3, -0.25) is 4.98 Å². The number of nitrogens with two attached hydrogens (primary N) is 1. The molecular formula is C9H18N2. The molecule has 0 spiro atoms. The summed E-state index contributed by atoms with van der Waals surface area (Å²) < 4.78 is 0. The van der Waals surface area contributed by atoms with E-state index in [9.17, 15) is 0 Å². The Balaban J connectivity index is 0. The fraction of sp³-hybridized carbons (Fsp3) is 0.444. The van der Waals surface area contributed by atoms with Crippen molar-refractivity contribution in [3.8, 4) is 0 Å². The summed E-state index contributed by atoms with van der Waals surface area (Å²) in [5.74, 6) is 0. The smallest absolute Gasteiger partial charge is 0.0542 e. The Morgan fingerprint density at radius 1 is 1.45 bits per heavy atom. The van der Waals surface area contributed by atoms with Gasteiger partial charge in [0.15, 0.2) is 0 Å². The number of rotatable bonds is 1. The van der Waals surface area contributed by atoms with Crippen molar-refractivity contribution in [1.29, 1.82) is 0 Å². The molecule has 0 fully saturated rings. The minimum Gasteiger partial charge on any atom is -0.325 e. The molecule has 1 aromatic heterocycles. The summed E-state index contributed by atoms with van der Waals surface area (Å²) in [6.07, 6.45) is 0. The van der Waals surface area contributed by atoms with Crippen LogP contribution in [0.4, 0.5) is 0 Å². The largest absolute Gasteiger partial charge is 0.325 e. The van der Waals surface area contributed by atoms with Crippen LogP contribution in [0.5, 0.6) is 0 Å². The van der Waals surface area contributed by atoms with E-state index in [0.717, 1.165) is 11.4 Å². The average Bonchev–Trinajstić information content (AvgIpc) is 2.08. The van der Waals surface area contributed by atoms with E-state index < -0.39 is 0 Å². The first kappa shape index (κ1) is 10.1. The molecule has 2 nitrogen and oxygen atoms in total. The molecule has 1 heterocycles. The van der Waals surface area contributed by atoms with E-state index in [1.165, 1.54) is 0 Å². The van der Waals surface area contributed by atoms with E-state index in [2.05, 4.69) is 4.98 Å². The van der Waals surface area contributed by atoms with Gasteiger partial charge in [0.1, 0.15) is 0 Å². The monoisotopic (exact) mass is 154 g/mol. The molecule has 1 rings (SSSR count). The molecule has 0 aliphatic carbocycles. The van der Waals surface area contributed by atoms with Crippen LogP contribution in [0.1, 0.15) is 26.7 Å². The van der Waals surface area contributed by atoms with Gasteiger partial charge in [0.2, 0.25) is 0 Å². The Morgan fingerprint density at radius 2 is 2.09 bits per heavy atom. The van der Waals surface area contributed by atoms with Crippen molar-refractivity contribution >= 4 is 0 Å². The van der Waals surface area contributed by atoms with Gasteiger partial charge in [0, 0.05) is 13.7 Å². The zero-order chi connectivity index (χ0) is 8.69. The van der Waals surface area contributed by atoms with E-state index in [1.807, 2.05) is 39.0 Å². The summed E-state index contributed by atoms with van der Waals surface area (Å²) in [6, 6.07) is 5.84. The maximum Gasteiger partial charge on any atom is 0.0542 e. The van der Waals surface area contributed by atoms with E-state index >= 15 is 0 Å². The topological polar surface area (TPSA) is 38.9 Å². The van der Waals surface area contributed by atoms with E-state index in [0.29, 0.717) is 6.54 Å². The number of nitrogens with zero attached hydrogens (tertiary/aromatic N) is 1. The van der Waals surface area contributed by atoms with Crippen molar-refractivity contribution in [3.63, 3.8) is 0 Å². The highest BCUT2D eigenvalue weighted by molar-refractivity contribution is 5.09. The molecule has 11 heavy (non-hydrogen) atoms. The quantitative estimate of drug-likeness (QED) is 0.673. The van der Waals surface area contributed by atoms with Gasteiger partial charge in [-0.15, -0.1) is 0 Å². The Hall–Kier alpha value is -0.890. The van der Waals surface area contributed by atoms with Crippen molar-refractivity contribution in [2.75, 3.05) is 0 Å². The third-order valence-electron chi connectivity index (χ3n) is 1.16. The number of aryl methyl sites for hydroxylation is 1. The Morgan fingerprint density at radius 3 is 2.45 bits per heavy atom.